The highest BCUT2D eigenvalue weighted by molar-refractivity contribution is 6.06. The van der Waals surface area contributed by atoms with Crippen molar-refractivity contribution in [2.75, 3.05) is 0 Å². The van der Waals surface area contributed by atoms with Crippen LogP contribution in [-0.2, 0) is 13.5 Å². The van der Waals surface area contributed by atoms with Crippen LogP contribution in [0.15, 0.2) is 36.5 Å². The van der Waals surface area contributed by atoms with Gasteiger partial charge in [-0.3, -0.25) is 9.48 Å². The molecule has 0 spiro atoms. The van der Waals surface area contributed by atoms with Crippen LogP contribution in [0.5, 0.6) is 0 Å². The highest BCUT2D eigenvalue weighted by Gasteiger charge is 2.46. The Morgan fingerprint density at radius 1 is 1.06 bits per heavy atom. The number of nitrogens with zero attached hydrogens (tertiary/aromatic N) is 3. The highest BCUT2D eigenvalue weighted by Crippen LogP contribution is 2.47. The number of carbonyl (C=O) groups is 1. The average molecular weight is 454 g/mol. The van der Waals surface area contributed by atoms with Crippen LogP contribution in [0, 0.1) is 23.3 Å². The van der Waals surface area contributed by atoms with Crippen LogP contribution in [0.3, 0.4) is 0 Å². The first-order valence-electron chi connectivity index (χ1n) is 10.6. The van der Waals surface area contributed by atoms with Crippen molar-refractivity contribution < 1.29 is 22.4 Å². The Labute approximate surface area is 185 Å². The molecule has 168 valence electrons. The van der Waals surface area contributed by atoms with Gasteiger partial charge in [0.2, 0.25) is 0 Å². The second-order valence-electron chi connectivity index (χ2n) is 8.62. The van der Waals surface area contributed by atoms with E-state index in [9.17, 15) is 22.4 Å². The molecule has 6 rings (SSSR count). The first-order valence-corrected chi connectivity index (χ1v) is 10.6. The Balaban J connectivity index is 1.45. The molecule has 1 saturated heterocycles. The van der Waals surface area contributed by atoms with Crippen LogP contribution in [0.4, 0.5) is 17.6 Å². The minimum Gasteiger partial charge on any atom is -0.360 e. The third-order valence-electron chi connectivity index (χ3n) is 6.82. The predicted molar refractivity (Wildman–Crippen MR) is 112 cm³/mol. The summed E-state index contributed by atoms with van der Waals surface area (Å²) in [6.45, 7) is 0. The van der Waals surface area contributed by atoms with Crippen molar-refractivity contribution in [2.24, 2.45) is 7.05 Å². The minimum absolute atomic E-state index is 0.00307. The topological polar surface area (TPSA) is 53.9 Å². The number of hydrogen-bond acceptors (Lipinski definition) is 2. The number of rotatable bonds is 2. The normalized spacial score (nSPS) is 19.4. The number of aromatic amines is 1. The summed E-state index contributed by atoms with van der Waals surface area (Å²) in [6, 6.07) is 6.00. The van der Waals surface area contributed by atoms with Gasteiger partial charge in [-0.1, -0.05) is 0 Å². The fourth-order valence-electron chi connectivity index (χ4n) is 5.45. The molecule has 4 aromatic rings. The maximum Gasteiger partial charge on any atom is 0.259 e. The molecule has 2 aromatic carbocycles. The number of halogens is 4. The molecule has 4 heterocycles. The lowest BCUT2D eigenvalue weighted by molar-refractivity contribution is 0.0639. The third kappa shape index (κ3) is 2.77. The minimum atomic E-state index is -1.52. The summed E-state index contributed by atoms with van der Waals surface area (Å²) >= 11 is 0. The lowest BCUT2D eigenvalue weighted by Crippen LogP contribution is -2.42. The number of H-pyrrole nitrogens is 1. The summed E-state index contributed by atoms with van der Waals surface area (Å²) in [7, 11) is 1.64. The van der Waals surface area contributed by atoms with Crippen molar-refractivity contribution in [1.29, 1.82) is 0 Å². The zero-order chi connectivity index (χ0) is 23.0. The first-order chi connectivity index (χ1) is 15.8. The van der Waals surface area contributed by atoms with Gasteiger partial charge in [0.05, 0.1) is 28.5 Å². The van der Waals surface area contributed by atoms with Gasteiger partial charge in [0.1, 0.15) is 5.82 Å². The van der Waals surface area contributed by atoms with Gasteiger partial charge in [0, 0.05) is 35.8 Å². The first kappa shape index (κ1) is 20.0. The molecule has 33 heavy (non-hydrogen) atoms. The van der Waals surface area contributed by atoms with E-state index in [-0.39, 0.29) is 23.2 Å². The van der Waals surface area contributed by atoms with Gasteiger partial charge >= 0.3 is 0 Å². The van der Waals surface area contributed by atoms with Crippen LogP contribution < -0.4 is 0 Å². The fraction of sp³-hybridized carbons (Fsp3) is 0.250. The molecule has 1 amide bonds. The van der Waals surface area contributed by atoms with Crippen LogP contribution in [0.2, 0.25) is 0 Å². The number of aromatic nitrogens is 3. The number of benzene rings is 2. The van der Waals surface area contributed by atoms with Gasteiger partial charge in [-0.15, -0.1) is 0 Å². The summed E-state index contributed by atoms with van der Waals surface area (Å²) in [5.74, 6) is -5.08. The average Bonchev–Trinajstić information content (AvgIpc) is 3.46. The van der Waals surface area contributed by atoms with Gasteiger partial charge < -0.3 is 9.88 Å². The Bertz CT molecular complexity index is 1430. The molecule has 1 unspecified atom stereocenters. The number of aryl methyl sites for hydroxylation is 1. The van der Waals surface area contributed by atoms with Crippen molar-refractivity contribution in [3.05, 3.63) is 76.6 Å². The second kappa shape index (κ2) is 6.94. The summed E-state index contributed by atoms with van der Waals surface area (Å²) in [5, 5.41) is 5.31. The SMILES string of the molecule is Cn1nc2c(c1-c1cc(F)c(F)c(F)c1)CC1CC[C@@H]2N1C(=O)c1c(F)ccc2cc[nH]c12. The molecule has 2 atom stereocenters. The lowest BCUT2D eigenvalue weighted by atomic mass is 9.93. The molecule has 1 N–H and O–H groups in total. The van der Waals surface area contributed by atoms with Crippen molar-refractivity contribution >= 4 is 16.8 Å². The molecule has 9 heteroatoms. The summed E-state index contributed by atoms with van der Waals surface area (Å²) in [6.07, 6.45) is 3.41. The molecule has 1 fully saturated rings. The van der Waals surface area contributed by atoms with E-state index in [1.54, 1.807) is 30.3 Å². The Kier molecular flexibility index (Phi) is 4.21. The van der Waals surface area contributed by atoms with Crippen molar-refractivity contribution in [2.45, 2.75) is 31.3 Å². The van der Waals surface area contributed by atoms with E-state index in [2.05, 4.69) is 10.1 Å². The smallest absolute Gasteiger partial charge is 0.259 e. The van der Waals surface area contributed by atoms with Gasteiger partial charge in [-0.25, -0.2) is 17.6 Å². The summed E-state index contributed by atoms with van der Waals surface area (Å²) < 4.78 is 57.6. The van der Waals surface area contributed by atoms with Crippen LogP contribution in [-0.4, -0.2) is 31.6 Å². The van der Waals surface area contributed by atoms with Crippen molar-refractivity contribution in [3.8, 4) is 11.3 Å². The van der Waals surface area contributed by atoms with Gasteiger partial charge in [-0.2, -0.15) is 5.10 Å². The molecule has 2 bridgehead atoms. The lowest BCUT2D eigenvalue weighted by Gasteiger charge is -2.34. The monoisotopic (exact) mass is 454 g/mol. The van der Waals surface area contributed by atoms with Gasteiger partial charge in [0.25, 0.3) is 5.91 Å². The number of nitrogens with one attached hydrogen (secondary N) is 1. The van der Waals surface area contributed by atoms with Crippen molar-refractivity contribution in [3.63, 3.8) is 0 Å². The highest BCUT2D eigenvalue weighted by atomic mass is 19.2. The zero-order valence-corrected chi connectivity index (χ0v) is 17.5. The molecule has 2 aliphatic rings. The Morgan fingerprint density at radius 2 is 1.82 bits per heavy atom. The molecular formula is C24H18F4N4O. The Hall–Kier alpha value is -3.62. The summed E-state index contributed by atoms with van der Waals surface area (Å²) in [5.41, 5.74) is 2.52. The zero-order valence-electron chi connectivity index (χ0n) is 17.5. The number of hydrogen-bond donors (Lipinski definition) is 1. The van der Waals surface area contributed by atoms with E-state index in [4.69, 9.17) is 0 Å². The van der Waals surface area contributed by atoms with Crippen LogP contribution >= 0.6 is 0 Å². The van der Waals surface area contributed by atoms with E-state index in [0.717, 1.165) is 23.1 Å². The fourth-order valence-corrected chi connectivity index (χ4v) is 5.45. The number of carbonyl (C=O) groups excluding carboxylic acids is 1. The van der Waals surface area contributed by atoms with E-state index < -0.39 is 29.2 Å². The molecular weight excluding hydrogens is 436 g/mol. The van der Waals surface area contributed by atoms with E-state index in [1.807, 2.05) is 0 Å². The standard InChI is InChI=1S/C24H18F4N4O/c1-31-23(12-8-16(26)20(28)17(27)9-12)14-10-13-3-5-18(22(14)30-31)32(13)24(33)19-15(25)4-2-11-6-7-29-21(11)19/h2,4,6-9,13,18,29H,3,5,10H2,1H3/t13?,18-/m0/s1. The largest absolute Gasteiger partial charge is 0.360 e. The molecule has 2 aromatic heterocycles. The molecule has 0 aliphatic carbocycles. The van der Waals surface area contributed by atoms with E-state index in [0.29, 0.717) is 36.2 Å². The number of amides is 1. The molecule has 5 nitrogen and oxygen atoms in total. The van der Waals surface area contributed by atoms with E-state index in [1.165, 1.54) is 10.7 Å². The molecule has 0 radical (unpaired) electrons. The second-order valence-corrected chi connectivity index (χ2v) is 8.62. The predicted octanol–water partition coefficient (Wildman–Crippen LogP) is 5.03. The maximum absolute atomic E-state index is 14.8. The Morgan fingerprint density at radius 3 is 2.58 bits per heavy atom. The van der Waals surface area contributed by atoms with Crippen LogP contribution in [0.25, 0.3) is 22.2 Å². The van der Waals surface area contributed by atoms with Crippen molar-refractivity contribution in [1.82, 2.24) is 19.7 Å². The maximum atomic E-state index is 14.8. The van der Waals surface area contributed by atoms with Gasteiger partial charge in [0.15, 0.2) is 17.5 Å². The van der Waals surface area contributed by atoms with Gasteiger partial charge in [-0.05, 0) is 49.6 Å². The van der Waals surface area contributed by atoms with Crippen LogP contribution in [0.1, 0.15) is 40.5 Å². The molecule has 2 aliphatic heterocycles. The van der Waals surface area contributed by atoms with E-state index >= 15 is 0 Å². The molecule has 0 saturated carbocycles. The quantitative estimate of drug-likeness (QED) is 0.341. The summed E-state index contributed by atoms with van der Waals surface area (Å²) in [4.78, 5) is 18.2. The number of fused-ring (bicyclic) bond motifs is 5. The third-order valence-corrected chi connectivity index (χ3v) is 6.82.